The summed E-state index contributed by atoms with van der Waals surface area (Å²) in [6, 6.07) is 0.845. The highest BCUT2D eigenvalue weighted by molar-refractivity contribution is 5.94. The van der Waals surface area contributed by atoms with E-state index in [0.717, 1.165) is 0 Å². The SMILES string of the molecule is Cc1cc(=O)[nH]cc1NC(=O)C(C)N.Cl. The quantitative estimate of drug-likeness (QED) is 0.688. The highest BCUT2D eigenvalue weighted by Crippen LogP contribution is 2.09. The molecule has 0 saturated heterocycles. The van der Waals surface area contributed by atoms with Crippen molar-refractivity contribution in [1.29, 1.82) is 0 Å². The van der Waals surface area contributed by atoms with Crippen molar-refractivity contribution >= 4 is 24.0 Å². The number of halogens is 1. The molecule has 0 bridgehead atoms. The van der Waals surface area contributed by atoms with E-state index in [1.54, 1.807) is 13.8 Å². The van der Waals surface area contributed by atoms with Crippen LogP contribution in [0.3, 0.4) is 0 Å². The molecule has 5 nitrogen and oxygen atoms in total. The van der Waals surface area contributed by atoms with Gasteiger partial charge in [-0.15, -0.1) is 12.4 Å². The third-order valence-corrected chi connectivity index (χ3v) is 1.80. The lowest BCUT2D eigenvalue weighted by atomic mass is 10.2. The Balaban J connectivity index is 0.00000196. The topological polar surface area (TPSA) is 88.0 Å². The van der Waals surface area contributed by atoms with E-state index >= 15 is 0 Å². The number of carbonyl (C=O) groups is 1. The maximum Gasteiger partial charge on any atom is 0.248 e. The standard InChI is InChI=1S/C9H13N3O2.ClH/c1-5-3-8(13)11-4-7(5)12-9(14)6(2)10;/h3-4,6H,10H2,1-2H3,(H,11,13)(H,12,14);1H. The zero-order valence-electron chi connectivity index (χ0n) is 8.53. The number of H-pyrrole nitrogens is 1. The predicted octanol–water partition coefficient (Wildman–Crippen LogP) is 0.391. The molecule has 1 aromatic heterocycles. The van der Waals surface area contributed by atoms with Crippen molar-refractivity contribution in [3.63, 3.8) is 0 Å². The molecule has 0 spiro atoms. The molecule has 0 aliphatic carbocycles. The molecule has 4 N–H and O–H groups in total. The van der Waals surface area contributed by atoms with Crippen LogP contribution in [0, 0.1) is 6.92 Å². The predicted molar refractivity (Wildman–Crippen MR) is 61.3 cm³/mol. The molecule has 0 radical (unpaired) electrons. The summed E-state index contributed by atoms with van der Waals surface area (Å²) < 4.78 is 0. The Bertz CT molecular complexity index is 401. The average molecular weight is 232 g/mol. The first-order valence-electron chi connectivity index (χ1n) is 4.26. The Hall–Kier alpha value is -1.33. The summed E-state index contributed by atoms with van der Waals surface area (Å²) in [5.74, 6) is -0.278. The van der Waals surface area contributed by atoms with E-state index in [1.807, 2.05) is 0 Å². The number of hydrogen-bond acceptors (Lipinski definition) is 3. The first-order valence-corrected chi connectivity index (χ1v) is 4.26. The molecule has 6 heteroatoms. The van der Waals surface area contributed by atoms with Gasteiger partial charge in [0.05, 0.1) is 11.7 Å². The second-order valence-corrected chi connectivity index (χ2v) is 3.17. The van der Waals surface area contributed by atoms with Crippen LogP contribution in [0.2, 0.25) is 0 Å². The van der Waals surface area contributed by atoms with Crippen LogP contribution in [0.5, 0.6) is 0 Å². The Kier molecular flexibility index (Phi) is 5.04. The van der Waals surface area contributed by atoms with E-state index in [9.17, 15) is 9.59 Å². The lowest BCUT2D eigenvalue weighted by Gasteiger charge is -2.09. The maximum atomic E-state index is 11.2. The molecule has 0 aromatic carbocycles. The van der Waals surface area contributed by atoms with Crippen LogP contribution in [0.4, 0.5) is 5.69 Å². The van der Waals surface area contributed by atoms with Crippen molar-refractivity contribution in [3.05, 3.63) is 28.2 Å². The van der Waals surface area contributed by atoms with E-state index in [-0.39, 0.29) is 23.9 Å². The Morgan fingerprint density at radius 2 is 2.20 bits per heavy atom. The number of carbonyl (C=O) groups excluding carboxylic acids is 1. The van der Waals surface area contributed by atoms with E-state index < -0.39 is 6.04 Å². The molecule has 15 heavy (non-hydrogen) atoms. The van der Waals surface area contributed by atoms with Crippen molar-refractivity contribution in [2.45, 2.75) is 19.9 Å². The summed E-state index contributed by atoms with van der Waals surface area (Å²) in [5, 5.41) is 2.60. The zero-order valence-corrected chi connectivity index (χ0v) is 9.35. The number of nitrogens with two attached hydrogens (primary N) is 1. The van der Waals surface area contributed by atoms with Gasteiger partial charge < -0.3 is 16.0 Å². The number of amides is 1. The van der Waals surface area contributed by atoms with Gasteiger partial charge in [-0.05, 0) is 19.4 Å². The van der Waals surface area contributed by atoms with Crippen molar-refractivity contribution < 1.29 is 4.79 Å². The first kappa shape index (κ1) is 13.7. The molecule has 1 aromatic rings. The maximum absolute atomic E-state index is 11.2. The minimum Gasteiger partial charge on any atom is -0.327 e. The summed E-state index contributed by atoms with van der Waals surface area (Å²) in [4.78, 5) is 24.6. The van der Waals surface area contributed by atoms with E-state index in [4.69, 9.17) is 5.73 Å². The highest BCUT2D eigenvalue weighted by Gasteiger charge is 2.08. The molecule has 84 valence electrons. The van der Waals surface area contributed by atoms with Gasteiger partial charge in [0.15, 0.2) is 0 Å². The van der Waals surface area contributed by atoms with Gasteiger partial charge in [-0.2, -0.15) is 0 Å². The van der Waals surface area contributed by atoms with Gasteiger partial charge in [0, 0.05) is 12.3 Å². The number of aromatic nitrogens is 1. The molecule has 1 unspecified atom stereocenters. The second kappa shape index (κ2) is 5.53. The summed E-state index contributed by atoms with van der Waals surface area (Å²) in [5.41, 5.74) is 6.47. The Labute approximate surface area is 93.5 Å². The van der Waals surface area contributed by atoms with E-state index in [2.05, 4.69) is 10.3 Å². The molecule has 0 saturated carbocycles. The molecule has 1 rings (SSSR count). The fourth-order valence-corrected chi connectivity index (χ4v) is 0.954. The number of anilines is 1. The van der Waals surface area contributed by atoms with Gasteiger partial charge in [-0.3, -0.25) is 9.59 Å². The van der Waals surface area contributed by atoms with E-state index in [0.29, 0.717) is 11.3 Å². The summed E-state index contributed by atoms with van der Waals surface area (Å²) in [6.45, 7) is 3.34. The van der Waals surface area contributed by atoms with Crippen LogP contribution in [-0.2, 0) is 4.79 Å². The van der Waals surface area contributed by atoms with Crippen molar-refractivity contribution in [2.24, 2.45) is 5.73 Å². The lowest BCUT2D eigenvalue weighted by molar-refractivity contribution is -0.117. The van der Waals surface area contributed by atoms with Gasteiger partial charge in [-0.1, -0.05) is 0 Å². The fraction of sp³-hybridized carbons (Fsp3) is 0.333. The van der Waals surface area contributed by atoms with Crippen molar-refractivity contribution in [2.75, 3.05) is 5.32 Å². The fourth-order valence-electron chi connectivity index (χ4n) is 0.954. The van der Waals surface area contributed by atoms with Crippen LogP contribution in [0.25, 0.3) is 0 Å². The number of rotatable bonds is 2. The number of pyridine rings is 1. The minimum absolute atomic E-state index is 0. The van der Waals surface area contributed by atoms with Gasteiger partial charge in [0.1, 0.15) is 0 Å². The Morgan fingerprint density at radius 1 is 1.60 bits per heavy atom. The molecule has 0 aliphatic rings. The summed E-state index contributed by atoms with van der Waals surface area (Å²) in [6.07, 6.45) is 1.46. The van der Waals surface area contributed by atoms with E-state index in [1.165, 1.54) is 12.3 Å². The molecule has 1 heterocycles. The number of aromatic amines is 1. The molecule has 1 amide bonds. The minimum atomic E-state index is -0.568. The molecule has 1 atom stereocenters. The first-order chi connectivity index (χ1) is 6.50. The molecular formula is C9H14ClN3O2. The van der Waals surface area contributed by atoms with Crippen LogP contribution < -0.4 is 16.6 Å². The normalized spacial score (nSPS) is 11.4. The summed E-state index contributed by atoms with van der Waals surface area (Å²) >= 11 is 0. The zero-order chi connectivity index (χ0) is 10.7. The van der Waals surface area contributed by atoms with Crippen LogP contribution in [-0.4, -0.2) is 16.9 Å². The monoisotopic (exact) mass is 231 g/mol. The van der Waals surface area contributed by atoms with Crippen molar-refractivity contribution in [1.82, 2.24) is 4.98 Å². The number of hydrogen-bond donors (Lipinski definition) is 3. The van der Waals surface area contributed by atoms with Gasteiger partial charge in [-0.25, -0.2) is 0 Å². The third kappa shape index (κ3) is 3.73. The van der Waals surface area contributed by atoms with Gasteiger partial charge in [0.2, 0.25) is 11.5 Å². The van der Waals surface area contributed by atoms with Gasteiger partial charge >= 0.3 is 0 Å². The average Bonchev–Trinajstić information content (AvgIpc) is 2.09. The van der Waals surface area contributed by atoms with Gasteiger partial charge in [0.25, 0.3) is 0 Å². The third-order valence-electron chi connectivity index (χ3n) is 1.80. The number of aryl methyl sites for hydroxylation is 1. The largest absolute Gasteiger partial charge is 0.327 e. The molecule has 0 aliphatic heterocycles. The van der Waals surface area contributed by atoms with Crippen LogP contribution in [0.15, 0.2) is 17.1 Å². The summed E-state index contributed by atoms with van der Waals surface area (Å²) in [7, 11) is 0. The number of nitrogens with one attached hydrogen (secondary N) is 2. The highest BCUT2D eigenvalue weighted by atomic mass is 35.5. The Morgan fingerprint density at radius 3 is 2.67 bits per heavy atom. The smallest absolute Gasteiger partial charge is 0.248 e. The molecular weight excluding hydrogens is 218 g/mol. The lowest BCUT2D eigenvalue weighted by Crippen LogP contribution is -2.32. The van der Waals surface area contributed by atoms with Crippen LogP contribution >= 0.6 is 12.4 Å². The van der Waals surface area contributed by atoms with Crippen molar-refractivity contribution in [3.8, 4) is 0 Å². The van der Waals surface area contributed by atoms with Crippen LogP contribution in [0.1, 0.15) is 12.5 Å². The second-order valence-electron chi connectivity index (χ2n) is 3.17. The molecule has 0 fully saturated rings.